The van der Waals surface area contributed by atoms with E-state index in [0.717, 1.165) is 36.6 Å². The molecule has 1 aromatic heterocycles. The van der Waals surface area contributed by atoms with Gasteiger partial charge in [0.05, 0.1) is 0 Å². The summed E-state index contributed by atoms with van der Waals surface area (Å²) in [5, 5.41) is 14.3. The number of nitrogens with one attached hydrogen (secondary N) is 1. The highest BCUT2D eigenvalue weighted by Crippen LogP contribution is 2.10. The number of hydrogen-bond donors (Lipinski definition) is 1. The highest BCUT2D eigenvalue weighted by atomic mass is 16.5. The Bertz CT molecular complexity index is 284. The van der Waals surface area contributed by atoms with Crippen molar-refractivity contribution < 1.29 is 4.73 Å². The minimum absolute atomic E-state index is 0.845. The normalized spacial score (nSPS) is 17.4. The fraction of sp³-hybridized carbons (Fsp3) is 0.444. The Kier molecular flexibility index (Phi) is 2.31. The summed E-state index contributed by atoms with van der Waals surface area (Å²) >= 11 is 0. The molecule has 1 aliphatic rings. The van der Waals surface area contributed by atoms with Crippen LogP contribution in [0.5, 0.6) is 0 Å². The SMILES string of the molecule is [O-][n+]1cccc(N2CCNCC2)c1. The van der Waals surface area contributed by atoms with Crippen molar-refractivity contribution in [1.82, 2.24) is 5.32 Å². The lowest BCUT2D eigenvalue weighted by atomic mass is 10.3. The first-order valence-corrected chi connectivity index (χ1v) is 4.51. The summed E-state index contributed by atoms with van der Waals surface area (Å²) in [5.74, 6) is 0. The van der Waals surface area contributed by atoms with E-state index in [1.165, 1.54) is 6.20 Å². The van der Waals surface area contributed by atoms with Crippen LogP contribution in [0.4, 0.5) is 5.69 Å². The summed E-state index contributed by atoms with van der Waals surface area (Å²) < 4.78 is 0.845. The maximum absolute atomic E-state index is 11.0. The zero-order valence-corrected chi connectivity index (χ0v) is 7.44. The van der Waals surface area contributed by atoms with Crippen LogP contribution >= 0.6 is 0 Å². The standard InChI is InChI=1S/C9H13N3O/c13-12-5-1-2-9(8-12)11-6-3-10-4-7-11/h1-2,5,8,10H,3-4,6-7H2. The van der Waals surface area contributed by atoms with Gasteiger partial charge in [0.25, 0.3) is 0 Å². The Hall–Kier alpha value is -1.29. The van der Waals surface area contributed by atoms with Gasteiger partial charge in [-0.1, -0.05) is 0 Å². The monoisotopic (exact) mass is 179 g/mol. The molecule has 0 spiro atoms. The van der Waals surface area contributed by atoms with Gasteiger partial charge in [-0.2, -0.15) is 4.73 Å². The van der Waals surface area contributed by atoms with Crippen LogP contribution < -0.4 is 14.9 Å². The van der Waals surface area contributed by atoms with Gasteiger partial charge >= 0.3 is 0 Å². The highest BCUT2D eigenvalue weighted by molar-refractivity contribution is 5.42. The number of pyridine rings is 1. The van der Waals surface area contributed by atoms with Crippen molar-refractivity contribution in [3.05, 3.63) is 29.7 Å². The molecule has 70 valence electrons. The molecule has 0 bridgehead atoms. The number of rotatable bonds is 1. The summed E-state index contributed by atoms with van der Waals surface area (Å²) in [6.07, 6.45) is 3.12. The Labute approximate surface area is 77.4 Å². The van der Waals surface area contributed by atoms with E-state index in [4.69, 9.17) is 0 Å². The van der Waals surface area contributed by atoms with Crippen LogP contribution in [0, 0.1) is 5.21 Å². The lowest BCUT2D eigenvalue weighted by Crippen LogP contribution is -2.44. The topological polar surface area (TPSA) is 42.2 Å². The molecule has 0 saturated carbocycles. The van der Waals surface area contributed by atoms with Crippen LogP contribution in [0.25, 0.3) is 0 Å². The third-order valence-electron chi connectivity index (χ3n) is 2.24. The zero-order valence-electron chi connectivity index (χ0n) is 7.44. The molecule has 1 saturated heterocycles. The minimum Gasteiger partial charge on any atom is -0.619 e. The Morgan fingerprint density at radius 3 is 2.85 bits per heavy atom. The van der Waals surface area contributed by atoms with E-state index in [1.807, 2.05) is 6.07 Å². The van der Waals surface area contributed by atoms with Gasteiger partial charge in [-0.05, 0) is 6.07 Å². The van der Waals surface area contributed by atoms with Gasteiger partial charge in [0, 0.05) is 32.2 Å². The molecule has 2 rings (SSSR count). The number of nitrogens with zero attached hydrogens (tertiary/aromatic N) is 2. The van der Waals surface area contributed by atoms with Crippen LogP contribution in [0.15, 0.2) is 24.5 Å². The third-order valence-corrected chi connectivity index (χ3v) is 2.24. The molecule has 0 radical (unpaired) electrons. The van der Waals surface area contributed by atoms with Crippen molar-refractivity contribution >= 4 is 5.69 Å². The second kappa shape index (κ2) is 3.62. The minimum atomic E-state index is 0.845. The molecule has 4 nitrogen and oxygen atoms in total. The van der Waals surface area contributed by atoms with Gasteiger partial charge in [0.2, 0.25) is 6.20 Å². The van der Waals surface area contributed by atoms with E-state index in [2.05, 4.69) is 10.2 Å². The average molecular weight is 179 g/mol. The maximum Gasteiger partial charge on any atom is 0.203 e. The molecule has 13 heavy (non-hydrogen) atoms. The molecule has 0 amide bonds. The molecule has 4 heteroatoms. The molecule has 0 aromatic carbocycles. The first-order valence-electron chi connectivity index (χ1n) is 4.51. The van der Waals surface area contributed by atoms with E-state index in [0.29, 0.717) is 0 Å². The van der Waals surface area contributed by atoms with Crippen molar-refractivity contribution in [1.29, 1.82) is 0 Å². The molecule has 0 unspecified atom stereocenters. The molecule has 1 aliphatic heterocycles. The van der Waals surface area contributed by atoms with E-state index in [1.54, 1.807) is 12.3 Å². The molecular formula is C9H13N3O. The summed E-state index contributed by atoms with van der Waals surface area (Å²) in [6.45, 7) is 3.94. The molecule has 1 aromatic rings. The van der Waals surface area contributed by atoms with Crippen LogP contribution in [-0.2, 0) is 0 Å². The van der Waals surface area contributed by atoms with Crippen LogP contribution in [0.3, 0.4) is 0 Å². The van der Waals surface area contributed by atoms with Crippen molar-refractivity contribution in [3.63, 3.8) is 0 Å². The van der Waals surface area contributed by atoms with Crippen molar-refractivity contribution in [2.45, 2.75) is 0 Å². The van der Waals surface area contributed by atoms with Gasteiger partial charge < -0.3 is 15.4 Å². The molecule has 1 N–H and O–H groups in total. The van der Waals surface area contributed by atoms with E-state index in [-0.39, 0.29) is 0 Å². The number of aromatic nitrogens is 1. The lowest BCUT2D eigenvalue weighted by Gasteiger charge is -2.28. The molecule has 0 atom stereocenters. The highest BCUT2D eigenvalue weighted by Gasteiger charge is 2.11. The van der Waals surface area contributed by atoms with E-state index >= 15 is 0 Å². The van der Waals surface area contributed by atoms with Gasteiger partial charge in [0.1, 0.15) is 5.69 Å². The molecule has 0 aliphatic carbocycles. The van der Waals surface area contributed by atoms with E-state index < -0.39 is 0 Å². The Balaban J connectivity index is 2.14. The predicted molar refractivity (Wildman–Crippen MR) is 50.5 cm³/mol. The largest absolute Gasteiger partial charge is 0.619 e. The molecule has 2 heterocycles. The summed E-state index contributed by atoms with van der Waals surface area (Å²) in [5.41, 5.74) is 1.01. The Morgan fingerprint density at radius 1 is 1.38 bits per heavy atom. The van der Waals surface area contributed by atoms with Gasteiger partial charge in [-0.25, -0.2) is 0 Å². The zero-order chi connectivity index (χ0) is 9.10. The fourth-order valence-corrected chi connectivity index (χ4v) is 1.55. The second-order valence-corrected chi connectivity index (χ2v) is 3.16. The lowest BCUT2D eigenvalue weighted by molar-refractivity contribution is -0.604. The quantitative estimate of drug-likeness (QED) is 0.476. The molecular weight excluding hydrogens is 166 g/mol. The number of hydrogen-bond acceptors (Lipinski definition) is 3. The second-order valence-electron chi connectivity index (χ2n) is 3.16. The van der Waals surface area contributed by atoms with Gasteiger partial charge in [0.15, 0.2) is 6.20 Å². The van der Waals surface area contributed by atoms with Crippen LogP contribution in [-0.4, -0.2) is 26.2 Å². The summed E-state index contributed by atoms with van der Waals surface area (Å²) in [7, 11) is 0. The Morgan fingerprint density at radius 2 is 2.15 bits per heavy atom. The smallest absolute Gasteiger partial charge is 0.203 e. The van der Waals surface area contributed by atoms with Crippen molar-refractivity contribution in [2.75, 3.05) is 31.1 Å². The third kappa shape index (κ3) is 1.89. The fourth-order valence-electron chi connectivity index (χ4n) is 1.55. The first kappa shape index (κ1) is 8.31. The summed E-state index contributed by atoms with van der Waals surface area (Å²) in [6, 6.07) is 3.75. The average Bonchev–Trinajstić information content (AvgIpc) is 2.19. The van der Waals surface area contributed by atoms with Crippen molar-refractivity contribution in [3.8, 4) is 0 Å². The van der Waals surface area contributed by atoms with Crippen molar-refractivity contribution in [2.24, 2.45) is 0 Å². The number of anilines is 1. The first-order chi connectivity index (χ1) is 6.36. The van der Waals surface area contributed by atoms with Gasteiger partial charge in [-0.3, -0.25) is 0 Å². The maximum atomic E-state index is 11.0. The summed E-state index contributed by atoms with van der Waals surface area (Å²) in [4.78, 5) is 2.21. The van der Waals surface area contributed by atoms with Crippen LogP contribution in [0.2, 0.25) is 0 Å². The number of piperazine rings is 1. The molecule has 1 fully saturated rings. The van der Waals surface area contributed by atoms with E-state index in [9.17, 15) is 5.21 Å². The van der Waals surface area contributed by atoms with Gasteiger partial charge in [-0.15, -0.1) is 0 Å². The predicted octanol–water partition coefficient (Wildman–Crippen LogP) is -0.270. The van der Waals surface area contributed by atoms with Crippen LogP contribution in [0.1, 0.15) is 0 Å².